The minimum Gasteiger partial charge on any atom is -0.448 e. The number of aliphatic hydroxyl groups excluding tert-OH is 1. The molecular weight excluding hydrogens is 301 g/mol. The number of carbonyl (C=O) groups excluding carboxylic acids is 1. The highest BCUT2D eigenvalue weighted by Gasteiger charge is 2.21. The van der Waals surface area contributed by atoms with Crippen LogP contribution in [0.3, 0.4) is 0 Å². The van der Waals surface area contributed by atoms with Crippen molar-refractivity contribution in [1.82, 2.24) is 14.9 Å². The van der Waals surface area contributed by atoms with Gasteiger partial charge in [-0.1, -0.05) is 6.07 Å². The first-order valence-electron chi connectivity index (χ1n) is 7.08. The van der Waals surface area contributed by atoms with Crippen LogP contribution in [0.1, 0.15) is 27.9 Å². The van der Waals surface area contributed by atoms with Gasteiger partial charge in [0.2, 0.25) is 0 Å². The molecule has 0 spiro atoms. The molecule has 0 fully saturated rings. The summed E-state index contributed by atoms with van der Waals surface area (Å²) in [6, 6.07) is 3.80. The molecule has 1 amide bonds. The molecular formula is C16H16FN3O3. The van der Waals surface area contributed by atoms with Gasteiger partial charge in [0.1, 0.15) is 0 Å². The van der Waals surface area contributed by atoms with E-state index in [4.69, 9.17) is 4.42 Å². The third kappa shape index (κ3) is 2.70. The maximum absolute atomic E-state index is 13.8. The number of aromatic nitrogens is 2. The average molecular weight is 317 g/mol. The molecule has 3 aromatic rings. The zero-order chi connectivity index (χ0) is 16.6. The summed E-state index contributed by atoms with van der Waals surface area (Å²) in [4.78, 5) is 16.3. The monoisotopic (exact) mass is 317 g/mol. The van der Waals surface area contributed by atoms with Crippen molar-refractivity contribution in [3.8, 4) is 0 Å². The molecule has 7 heteroatoms. The first kappa shape index (κ1) is 15.2. The number of furan rings is 1. The first-order valence-corrected chi connectivity index (χ1v) is 7.08. The topological polar surface area (TPSA) is 80.3 Å². The van der Waals surface area contributed by atoms with E-state index in [0.717, 1.165) is 5.56 Å². The Morgan fingerprint density at radius 1 is 1.52 bits per heavy atom. The van der Waals surface area contributed by atoms with E-state index in [9.17, 15) is 14.3 Å². The van der Waals surface area contributed by atoms with Gasteiger partial charge in [-0.25, -0.2) is 9.37 Å². The number of aliphatic hydroxyl groups is 1. The Kier molecular flexibility index (Phi) is 3.87. The second-order valence-corrected chi connectivity index (χ2v) is 5.36. The molecule has 0 aliphatic carbocycles. The Morgan fingerprint density at radius 3 is 2.91 bits per heavy atom. The van der Waals surface area contributed by atoms with Crippen LogP contribution < -0.4 is 5.32 Å². The average Bonchev–Trinajstić information content (AvgIpc) is 3.16. The number of aryl methyl sites for hydroxylation is 2. The first-order chi connectivity index (χ1) is 11.0. The lowest BCUT2D eigenvalue weighted by molar-refractivity contribution is 0.0887. The minimum atomic E-state index is -0.630. The highest BCUT2D eigenvalue weighted by Crippen LogP contribution is 2.25. The largest absolute Gasteiger partial charge is 0.448 e. The van der Waals surface area contributed by atoms with E-state index in [2.05, 4.69) is 10.3 Å². The van der Waals surface area contributed by atoms with Gasteiger partial charge in [0.15, 0.2) is 17.2 Å². The molecule has 23 heavy (non-hydrogen) atoms. The van der Waals surface area contributed by atoms with Crippen molar-refractivity contribution in [3.63, 3.8) is 0 Å². The van der Waals surface area contributed by atoms with Crippen LogP contribution in [0.15, 0.2) is 35.1 Å². The number of rotatable bonds is 4. The van der Waals surface area contributed by atoms with Crippen LogP contribution in [0, 0.1) is 12.7 Å². The summed E-state index contributed by atoms with van der Waals surface area (Å²) >= 11 is 0. The number of hydrogen-bond acceptors (Lipinski definition) is 4. The highest BCUT2D eigenvalue weighted by molar-refractivity contribution is 5.97. The Labute approximate surface area is 131 Å². The summed E-state index contributed by atoms with van der Waals surface area (Å²) in [6.45, 7) is 1.52. The van der Waals surface area contributed by atoms with Crippen molar-refractivity contribution in [1.29, 1.82) is 0 Å². The third-order valence-corrected chi connectivity index (χ3v) is 3.78. The van der Waals surface area contributed by atoms with E-state index in [1.54, 1.807) is 30.2 Å². The number of nitrogens with zero attached hydrogens (tertiary/aromatic N) is 2. The summed E-state index contributed by atoms with van der Waals surface area (Å²) in [7, 11) is 1.76. The number of nitrogens with one attached hydrogen (secondary N) is 1. The SMILES string of the molecule is Cc1ccc(F)c2oc(C(=O)NC(CO)c3cncn3C)cc12. The summed E-state index contributed by atoms with van der Waals surface area (Å²) in [5.41, 5.74) is 1.52. The number of carbonyl (C=O) groups is 1. The zero-order valence-corrected chi connectivity index (χ0v) is 12.7. The maximum atomic E-state index is 13.8. The van der Waals surface area contributed by atoms with Gasteiger partial charge in [0, 0.05) is 12.4 Å². The second-order valence-electron chi connectivity index (χ2n) is 5.36. The molecule has 0 bridgehead atoms. The van der Waals surface area contributed by atoms with Crippen molar-refractivity contribution >= 4 is 16.9 Å². The number of fused-ring (bicyclic) bond motifs is 1. The number of halogens is 1. The van der Waals surface area contributed by atoms with Crippen molar-refractivity contribution in [2.45, 2.75) is 13.0 Å². The van der Waals surface area contributed by atoms with Crippen LogP contribution in [0.25, 0.3) is 11.0 Å². The molecule has 2 heterocycles. The van der Waals surface area contributed by atoms with E-state index >= 15 is 0 Å². The molecule has 0 saturated carbocycles. The molecule has 1 unspecified atom stereocenters. The molecule has 6 nitrogen and oxygen atoms in total. The standard InChI is InChI=1S/C16H16FN3O3/c1-9-3-4-11(17)15-10(9)5-14(23-15)16(22)19-12(7-21)13-6-18-8-20(13)2/h3-6,8,12,21H,7H2,1-2H3,(H,19,22). The normalized spacial score (nSPS) is 12.5. The van der Waals surface area contributed by atoms with Crippen LogP contribution in [0.4, 0.5) is 4.39 Å². The molecule has 3 rings (SSSR count). The van der Waals surface area contributed by atoms with Gasteiger partial charge in [0.25, 0.3) is 5.91 Å². The van der Waals surface area contributed by atoms with E-state index in [1.807, 2.05) is 6.92 Å². The van der Waals surface area contributed by atoms with Gasteiger partial charge in [-0.15, -0.1) is 0 Å². The smallest absolute Gasteiger partial charge is 0.287 e. The van der Waals surface area contributed by atoms with Crippen molar-refractivity contribution < 1.29 is 18.7 Å². The predicted molar refractivity (Wildman–Crippen MR) is 81.4 cm³/mol. The minimum absolute atomic E-state index is 0.00572. The van der Waals surface area contributed by atoms with E-state index in [1.165, 1.54) is 12.1 Å². The number of imidazole rings is 1. The molecule has 0 saturated heterocycles. The fourth-order valence-corrected chi connectivity index (χ4v) is 2.48. The van der Waals surface area contributed by atoms with Gasteiger partial charge in [-0.2, -0.15) is 0 Å². The van der Waals surface area contributed by atoms with Gasteiger partial charge in [-0.05, 0) is 24.6 Å². The van der Waals surface area contributed by atoms with Gasteiger partial charge >= 0.3 is 0 Å². The fraction of sp³-hybridized carbons (Fsp3) is 0.250. The summed E-state index contributed by atoms with van der Waals surface area (Å²) in [5, 5.41) is 12.7. The lowest BCUT2D eigenvalue weighted by Crippen LogP contribution is -2.31. The van der Waals surface area contributed by atoms with Crippen molar-refractivity contribution in [3.05, 3.63) is 53.6 Å². The number of amides is 1. The molecule has 1 aromatic carbocycles. The second kappa shape index (κ2) is 5.85. The molecule has 0 aliphatic rings. The number of hydrogen-bond donors (Lipinski definition) is 2. The molecule has 0 aliphatic heterocycles. The van der Waals surface area contributed by atoms with Crippen LogP contribution in [-0.4, -0.2) is 27.2 Å². The number of benzene rings is 1. The van der Waals surface area contributed by atoms with Crippen LogP contribution in [-0.2, 0) is 7.05 Å². The Bertz CT molecular complexity index is 830. The summed E-state index contributed by atoms with van der Waals surface area (Å²) < 4.78 is 20.8. The highest BCUT2D eigenvalue weighted by atomic mass is 19.1. The maximum Gasteiger partial charge on any atom is 0.287 e. The molecule has 120 valence electrons. The van der Waals surface area contributed by atoms with E-state index in [0.29, 0.717) is 11.1 Å². The van der Waals surface area contributed by atoms with E-state index in [-0.39, 0.29) is 18.0 Å². The fourth-order valence-electron chi connectivity index (χ4n) is 2.48. The lowest BCUT2D eigenvalue weighted by atomic mass is 10.1. The molecule has 1 atom stereocenters. The molecule has 2 aromatic heterocycles. The lowest BCUT2D eigenvalue weighted by Gasteiger charge is -2.15. The van der Waals surface area contributed by atoms with E-state index < -0.39 is 17.8 Å². The zero-order valence-electron chi connectivity index (χ0n) is 12.7. The Hall–Kier alpha value is -2.67. The third-order valence-electron chi connectivity index (χ3n) is 3.78. The quantitative estimate of drug-likeness (QED) is 0.772. The Balaban J connectivity index is 1.90. The van der Waals surface area contributed by atoms with Crippen LogP contribution in [0.2, 0.25) is 0 Å². The molecule has 0 radical (unpaired) electrons. The summed E-state index contributed by atoms with van der Waals surface area (Å²) in [6.07, 6.45) is 3.13. The Morgan fingerprint density at radius 2 is 2.30 bits per heavy atom. The van der Waals surface area contributed by atoms with Crippen LogP contribution >= 0.6 is 0 Å². The van der Waals surface area contributed by atoms with Gasteiger partial charge in [0.05, 0.1) is 30.9 Å². The van der Waals surface area contributed by atoms with Crippen LogP contribution in [0.5, 0.6) is 0 Å². The predicted octanol–water partition coefficient (Wildman–Crippen LogP) is 2.08. The van der Waals surface area contributed by atoms with Gasteiger partial charge < -0.3 is 19.4 Å². The molecule has 2 N–H and O–H groups in total. The van der Waals surface area contributed by atoms with Crippen molar-refractivity contribution in [2.24, 2.45) is 7.05 Å². The van der Waals surface area contributed by atoms with Crippen molar-refractivity contribution in [2.75, 3.05) is 6.61 Å². The van der Waals surface area contributed by atoms with Gasteiger partial charge in [-0.3, -0.25) is 4.79 Å². The summed E-state index contributed by atoms with van der Waals surface area (Å²) in [5.74, 6) is -1.05.